The molecule has 1 heterocycles. The molecule has 70 valence electrons. The van der Waals surface area contributed by atoms with Crippen LogP contribution < -0.4 is 0 Å². The molecule has 12 heavy (non-hydrogen) atoms. The van der Waals surface area contributed by atoms with Crippen LogP contribution in [0.3, 0.4) is 0 Å². The Kier molecular flexibility index (Phi) is 1.76. The van der Waals surface area contributed by atoms with Crippen molar-refractivity contribution in [2.45, 2.75) is 39.7 Å². The van der Waals surface area contributed by atoms with Gasteiger partial charge in [0.2, 0.25) is 0 Å². The zero-order chi connectivity index (χ0) is 8.93. The van der Waals surface area contributed by atoms with Crippen LogP contribution in [0.4, 0.5) is 0 Å². The molecule has 1 nitrogen and oxygen atoms in total. The van der Waals surface area contributed by atoms with Crippen LogP contribution in [0.2, 0.25) is 0 Å². The molecule has 1 saturated carbocycles. The highest BCUT2D eigenvalue weighted by atomic mass is 15.2. The molecule has 2 rings (SSSR count). The molecule has 0 radical (unpaired) electrons. The van der Waals surface area contributed by atoms with E-state index in [-0.39, 0.29) is 0 Å². The Morgan fingerprint density at radius 2 is 1.83 bits per heavy atom. The summed E-state index contributed by atoms with van der Waals surface area (Å²) in [4.78, 5) is 2.55. The van der Waals surface area contributed by atoms with Crippen LogP contribution in [-0.2, 0) is 0 Å². The van der Waals surface area contributed by atoms with E-state index in [1.54, 1.807) is 0 Å². The topological polar surface area (TPSA) is 3.24 Å². The van der Waals surface area contributed by atoms with Crippen molar-refractivity contribution in [2.24, 2.45) is 17.3 Å². The van der Waals surface area contributed by atoms with Gasteiger partial charge in [0.15, 0.2) is 0 Å². The van der Waals surface area contributed by atoms with Crippen molar-refractivity contribution < 1.29 is 0 Å². The second-order valence-corrected chi connectivity index (χ2v) is 5.80. The summed E-state index contributed by atoms with van der Waals surface area (Å²) in [5.74, 6) is 1.98. The standard InChI is InChI=1S/C11H21N/c1-11(2,3)10-6-9-5-8(10)7-12(9)4/h8-10H,5-7H2,1-4H3/t8-,9-,10?/m1/s1. The lowest BCUT2D eigenvalue weighted by Crippen LogP contribution is -2.36. The predicted octanol–water partition coefficient (Wildman–Crippen LogP) is 2.37. The van der Waals surface area contributed by atoms with Gasteiger partial charge in [0.05, 0.1) is 0 Å². The summed E-state index contributed by atoms with van der Waals surface area (Å²) in [5, 5.41) is 0. The fourth-order valence-electron chi connectivity index (χ4n) is 3.24. The lowest BCUT2D eigenvalue weighted by Gasteiger charge is -2.37. The maximum atomic E-state index is 2.55. The molecule has 0 N–H and O–H groups in total. The van der Waals surface area contributed by atoms with Gasteiger partial charge in [-0.05, 0) is 37.1 Å². The number of nitrogens with zero attached hydrogens (tertiary/aromatic N) is 1. The normalized spacial score (nSPS) is 42.5. The summed E-state index contributed by atoms with van der Waals surface area (Å²) in [7, 11) is 2.28. The van der Waals surface area contributed by atoms with Crippen molar-refractivity contribution in [2.75, 3.05) is 13.6 Å². The molecule has 0 aromatic heterocycles. The van der Waals surface area contributed by atoms with E-state index in [1.807, 2.05) is 0 Å². The minimum Gasteiger partial charge on any atom is -0.303 e. The highest BCUT2D eigenvalue weighted by Gasteiger charge is 2.46. The van der Waals surface area contributed by atoms with Gasteiger partial charge in [0, 0.05) is 12.6 Å². The van der Waals surface area contributed by atoms with E-state index in [0.29, 0.717) is 5.41 Å². The fraction of sp³-hybridized carbons (Fsp3) is 1.00. The lowest BCUT2D eigenvalue weighted by atomic mass is 9.74. The molecular weight excluding hydrogens is 146 g/mol. The molecule has 0 spiro atoms. The number of hydrogen-bond donors (Lipinski definition) is 0. The maximum Gasteiger partial charge on any atom is 0.00984 e. The third kappa shape index (κ3) is 1.19. The Morgan fingerprint density at radius 3 is 2.17 bits per heavy atom. The second-order valence-electron chi connectivity index (χ2n) is 5.80. The molecule has 1 heteroatoms. The van der Waals surface area contributed by atoms with Gasteiger partial charge in [-0.1, -0.05) is 20.8 Å². The fourth-order valence-corrected chi connectivity index (χ4v) is 3.24. The van der Waals surface area contributed by atoms with E-state index in [0.717, 1.165) is 17.9 Å². The third-order valence-corrected chi connectivity index (χ3v) is 3.93. The minimum atomic E-state index is 0.542. The van der Waals surface area contributed by atoms with Gasteiger partial charge >= 0.3 is 0 Å². The summed E-state index contributed by atoms with van der Waals surface area (Å²) in [6.07, 6.45) is 2.92. The molecule has 2 fully saturated rings. The molecule has 0 aromatic carbocycles. The molecule has 1 unspecified atom stereocenters. The Morgan fingerprint density at radius 1 is 1.17 bits per heavy atom. The first-order chi connectivity index (χ1) is 5.48. The van der Waals surface area contributed by atoms with E-state index < -0.39 is 0 Å². The van der Waals surface area contributed by atoms with Crippen molar-refractivity contribution in [1.29, 1.82) is 0 Å². The number of fused-ring (bicyclic) bond motifs is 2. The van der Waals surface area contributed by atoms with Crippen LogP contribution in [0.5, 0.6) is 0 Å². The Hall–Kier alpha value is -0.0400. The van der Waals surface area contributed by atoms with Crippen molar-refractivity contribution >= 4 is 0 Å². The van der Waals surface area contributed by atoms with Crippen LogP contribution in [0.25, 0.3) is 0 Å². The highest BCUT2D eigenvalue weighted by molar-refractivity contribution is 4.99. The molecular formula is C11H21N. The number of rotatable bonds is 0. The van der Waals surface area contributed by atoms with Crippen LogP contribution in [-0.4, -0.2) is 24.5 Å². The molecule has 1 aliphatic heterocycles. The lowest BCUT2D eigenvalue weighted by molar-refractivity contribution is 0.119. The van der Waals surface area contributed by atoms with Gasteiger partial charge in [-0.25, -0.2) is 0 Å². The molecule has 3 atom stereocenters. The molecule has 0 aromatic rings. The van der Waals surface area contributed by atoms with Gasteiger partial charge in [0.1, 0.15) is 0 Å². The van der Waals surface area contributed by atoms with E-state index in [4.69, 9.17) is 0 Å². The van der Waals surface area contributed by atoms with Gasteiger partial charge in [-0.15, -0.1) is 0 Å². The zero-order valence-electron chi connectivity index (χ0n) is 8.80. The first-order valence-corrected chi connectivity index (χ1v) is 5.18. The van der Waals surface area contributed by atoms with Crippen molar-refractivity contribution in [3.63, 3.8) is 0 Å². The summed E-state index contributed by atoms with van der Waals surface area (Å²) >= 11 is 0. The Bertz CT molecular complexity index is 178. The summed E-state index contributed by atoms with van der Waals surface area (Å²) in [6, 6.07) is 0.916. The monoisotopic (exact) mass is 167 g/mol. The Balaban J connectivity index is 2.08. The van der Waals surface area contributed by atoms with Gasteiger partial charge in [0.25, 0.3) is 0 Å². The van der Waals surface area contributed by atoms with Crippen LogP contribution >= 0.6 is 0 Å². The van der Waals surface area contributed by atoms with Crippen molar-refractivity contribution in [1.82, 2.24) is 4.90 Å². The van der Waals surface area contributed by atoms with Gasteiger partial charge in [-0.3, -0.25) is 0 Å². The van der Waals surface area contributed by atoms with Crippen LogP contribution in [0.1, 0.15) is 33.6 Å². The molecule has 0 amide bonds. The largest absolute Gasteiger partial charge is 0.303 e. The summed E-state index contributed by atoms with van der Waals surface area (Å²) in [5.41, 5.74) is 0.542. The highest BCUT2D eigenvalue weighted by Crippen LogP contribution is 2.48. The predicted molar refractivity (Wildman–Crippen MR) is 52.1 cm³/mol. The third-order valence-electron chi connectivity index (χ3n) is 3.93. The first-order valence-electron chi connectivity index (χ1n) is 5.18. The van der Waals surface area contributed by atoms with Crippen LogP contribution in [0.15, 0.2) is 0 Å². The van der Waals surface area contributed by atoms with E-state index >= 15 is 0 Å². The minimum absolute atomic E-state index is 0.542. The zero-order valence-corrected chi connectivity index (χ0v) is 8.80. The summed E-state index contributed by atoms with van der Waals surface area (Å²) in [6.45, 7) is 8.56. The SMILES string of the molecule is CN1C[C@H]2C[C@@H]1CC2C(C)(C)C. The molecule has 2 aliphatic rings. The van der Waals surface area contributed by atoms with Crippen LogP contribution in [0, 0.1) is 17.3 Å². The molecule has 2 bridgehead atoms. The van der Waals surface area contributed by atoms with Crippen molar-refractivity contribution in [3.05, 3.63) is 0 Å². The molecule has 1 saturated heterocycles. The number of hydrogen-bond acceptors (Lipinski definition) is 1. The van der Waals surface area contributed by atoms with Gasteiger partial charge in [-0.2, -0.15) is 0 Å². The average molecular weight is 167 g/mol. The van der Waals surface area contributed by atoms with E-state index in [1.165, 1.54) is 19.4 Å². The van der Waals surface area contributed by atoms with Gasteiger partial charge < -0.3 is 4.90 Å². The molecule has 1 aliphatic carbocycles. The quantitative estimate of drug-likeness (QED) is 0.535. The van der Waals surface area contributed by atoms with Crippen molar-refractivity contribution in [3.8, 4) is 0 Å². The second kappa shape index (κ2) is 2.47. The maximum absolute atomic E-state index is 2.55. The van der Waals surface area contributed by atoms with E-state index in [9.17, 15) is 0 Å². The number of piperidine rings is 1. The first kappa shape index (κ1) is 8.55. The smallest absolute Gasteiger partial charge is 0.00984 e. The number of likely N-dealkylation sites (tertiary alicyclic amines) is 1. The summed E-state index contributed by atoms with van der Waals surface area (Å²) < 4.78 is 0. The Labute approximate surface area is 76.1 Å². The van der Waals surface area contributed by atoms with E-state index in [2.05, 4.69) is 32.7 Å². The average Bonchev–Trinajstić information content (AvgIpc) is 2.41.